The summed E-state index contributed by atoms with van der Waals surface area (Å²) in [5.41, 5.74) is 1.42. The Morgan fingerprint density at radius 3 is 2.43 bits per heavy atom. The zero-order valence-corrected chi connectivity index (χ0v) is 10.5. The fourth-order valence-corrected chi connectivity index (χ4v) is 1.60. The van der Waals surface area contributed by atoms with Gasteiger partial charge in [-0.3, -0.25) is 0 Å². The largest absolute Gasteiger partial charge is 0.315 e. The molecule has 0 heterocycles. The predicted octanol–water partition coefficient (Wildman–Crippen LogP) is 3.38. The van der Waals surface area contributed by atoms with Gasteiger partial charge in [0, 0.05) is 10.5 Å². The van der Waals surface area contributed by atoms with E-state index in [4.69, 9.17) is 0 Å². The molecular formula is C12H18BrN. The summed E-state index contributed by atoms with van der Waals surface area (Å²) in [5, 5.41) is 3.42. The van der Waals surface area contributed by atoms with E-state index in [-0.39, 0.29) is 0 Å². The van der Waals surface area contributed by atoms with Crippen molar-refractivity contribution in [3.05, 3.63) is 34.3 Å². The third kappa shape index (κ3) is 4.77. The smallest absolute Gasteiger partial charge is 0.0175 e. The second-order valence-corrected chi connectivity index (χ2v) is 4.75. The van der Waals surface area contributed by atoms with Gasteiger partial charge in [-0.05, 0) is 37.1 Å². The Morgan fingerprint density at radius 1 is 1.21 bits per heavy atom. The molecule has 0 aromatic heterocycles. The maximum absolute atomic E-state index is 3.43. The maximum Gasteiger partial charge on any atom is 0.0175 e. The van der Waals surface area contributed by atoms with Gasteiger partial charge in [0.1, 0.15) is 0 Å². The van der Waals surface area contributed by atoms with E-state index in [1.54, 1.807) is 0 Å². The van der Waals surface area contributed by atoms with Crippen molar-refractivity contribution in [2.75, 3.05) is 6.54 Å². The van der Waals surface area contributed by atoms with Crippen LogP contribution in [0.2, 0.25) is 0 Å². The highest BCUT2D eigenvalue weighted by Crippen LogP contribution is 2.11. The van der Waals surface area contributed by atoms with Gasteiger partial charge in [0.15, 0.2) is 0 Å². The molecule has 0 saturated carbocycles. The van der Waals surface area contributed by atoms with Crippen LogP contribution in [0.4, 0.5) is 0 Å². The molecule has 1 aromatic carbocycles. The summed E-state index contributed by atoms with van der Waals surface area (Å²) in [6, 6.07) is 9.16. The van der Waals surface area contributed by atoms with Gasteiger partial charge in [-0.25, -0.2) is 0 Å². The van der Waals surface area contributed by atoms with E-state index in [1.165, 1.54) is 12.0 Å². The first-order valence-electron chi connectivity index (χ1n) is 5.16. The molecule has 0 aliphatic rings. The average Bonchev–Trinajstić information content (AvgIpc) is 2.15. The number of hydrogen-bond acceptors (Lipinski definition) is 1. The lowest BCUT2D eigenvalue weighted by Crippen LogP contribution is -2.23. The van der Waals surface area contributed by atoms with Crippen molar-refractivity contribution in [1.82, 2.24) is 5.32 Å². The summed E-state index contributed by atoms with van der Waals surface area (Å²) < 4.78 is 1.15. The van der Waals surface area contributed by atoms with Crippen LogP contribution in [0.25, 0.3) is 0 Å². The van der Waals surface area contributed by atoms with Crippen LogP contribution >= 0.6 is 15.9 Å². The quantitative estimate of drug-likeness (QED) is 0.796. The maximum atomic E-state index is 3.43. The molecule has 1 N–H and O–H groups in total. The molecule has 0 bridgehead atoms. The predicted molar refractivity (Wildman–Crippen MR) is 65.6 cm³/mol. The molecule has 1 rings (SSSR count). The number of aryl methyl sites for hydroxylation is 1. The normalized spacial score (nSPS) is 10.9. The molecule has 14 heavy (non-hydrogen) atoms. The molecular weight excluding hydrogens is 238 g/mol. The van der Waals surface area contributed by atoms with E-state index < -0.39 is 0 Å². The molecule has 0 fully saturated rings. The lowest BCUT2D eigenvalue weighted by molar-refractivity contribution is 0.570. The third-order valence-corrected chi connectivity index (χ3v) is 2.64. The topological polar surface area (TPSA) is 12.0 Å². The van der Waals surface area contributed by atoms with Gasteiger partial charge in [-0.15, -0.1) is 0 Å². The SMILES string of the molecule is CC(C)NCCCc1ccc(Br)cc1. The molecule has 0 atom stereocenters. The van der Waals surface area contributed by atoms with Crippen molar-refractivity contribution in [2.24, 2.45) is 0 Å². The fraction of sp³-hybridized carbons (Fsp3) is 0.500. The highest BCUT2D eigenvalue weighted by atomic mass is 79.9. The van der Waals surface area contributed by atoms with Crippen molar-refractivity contribution >= 4 is 15.9 Å². The summed E-state index contributed by atoms with van der Waals surface area (Å²) in [7, 11) is 0. The minimum atomic E-state index is 0.597. The first kappa shape index (κ1) is 11.7. The molecule has 0 radical (unpaired) electrons. The fourth-order valence-electron chi connectivity index (χ4n) is 1.33. The molecule has 0 spiro atoms. The third-order valence-electron chi connectivity index (χ3n) is 2.11. The standard InChI is InChI=1S/C12H18BrN/c1-10(2)14-9-3-4-11-5-7-12(13)8-6-11/h5-8,10,14H,3-4,9H2,1-2H3. The Bertz CT molecular complexity index is 254. The lowest BCUT2D eigenvalue weighted by atomic mass is 10.1. The molecule has 0 aliphatic heterocycles. The lowest BCUT2D eigenvalue weighted by Gasteiger charge is -2.07. The molecule has 2 heteroatoms. The van der Waals surface area contributed by atoms with E-state index >= 15 is 0 Å². The molecule has 1 aromatic rings. The highest BCUT2D eigenvalue weighted by molar-refractivity contribution is 9.10. The summed E-state index contributed by atoms with van der Waals surface area (Å²) in [5.74, 6) is 0. The Labute approximate surface area is 95.0 Å². The van der Waals surface area contributed by atoms with Crippen LogP contribution < -0.4 is 5.32 Å². The Hall–Kier alpha value is -0.340. The second kappa shape index (κ2) is 6.20. The number of hydrogen-bond donors (Lipinski definition) is 1. The van der Waals surface area contributed by atoms with Crippen LogP contribution in [0, 0.1) is 0 Å². The van der Waals surface area contributed by atoms with Gasteiger partial charge >= 0.3 is 0 Å². The number of halogens is 1. The van der Waals surface area contributed by atoms with Crippen molar-refractivity contribution in [2.45, 2.75) is 32.7 Å². The number of nitrogens with one attached hydrogen (secondary N) is 1. The van der Waals surface area contributed by atoms with E-state index in [0.29, 0.717) is 6.04 Å². The molecule has 0 aliphatic carbocycles. The Morgan fingerprint density at radius 2 is 1.86 bits per heavy atom. The zero-order valence-electron chi connectivity index (χ0n) is 8.89. The first-order chi connectivity index (χ1) is 6.68. The van der Waals surface area contributed by atoms with Crippen LogP contribution in [0.15, 0.2) is 28.7 Å². The van der Waals surface area contributed by atoms with Gasteiger partial charge in [-0.1, -0.05) is 41.9 Å². The van der Waals surface area contributed by atoms with Gasteiger partial charge in [-0.2, -0.15) is 0 Å². The molecule has 0 saturated heterocycles. The average molecular weight is 256 g/mol. The van der Waals surface area contributed by atoms with Gasteiger partial charge in [0.2, 0.25) is 0 Å². The van der Waals surface area contributed by atoms with E-state index in [1.807, 2.05) is 0 Å². The van der Waals surface area contributed by atoms with E-state index in [9.17, 15) is 0 Å². The zero-order chi connectivity index (χ0) is 10.4. The number of benzene rings is 1. The highest BCUT2D eigenvalue weighted by Gasteiger charge is 1.94. The Balaban J connectivity index is 2.21. The monoisotopic (exact) mass is 255 g/mol. The summed E-state index contributed by atoms with van der Waals surface area (Å²) in [6.45, 7) is 5.47. The van der Waals surface area contributed by atoms with Crippen molar-refractivity contribution in [3.8, 4) is 0 Å². The van der Waals surface area contributed by atoms with Crippen LogP contribution in [-0.2, 0) is 6.42 Å². The minimum Gasteiger partial charge on any atom is -0.315 e. The van der Waals surface area contributed by atoms with Crippen LogP contribution in [-0.4, -0.2) is 12.6 Å². The van der Waals surface area contributed by atoms with Gasteiger partial charge in [0.25, 0.3) is 0 Å². The summed E-state index contributed by atoms with van der Waals surface area (Å²) in [4.78, 5) is 0. The van der Waals surface area contributed by atoms with Crippen LogP contribution in [0.1, 0.15) is 25.8 Å². The minimum absolute atomic E-state index is 0.597. The summed E-state index contributed by atoms with van der Waals surface area (Å²) in [6.07, 6.45) is 2.37. The van der Waals surface area contributed by atoms with Gasteiger partial charge < -0.3 is 5.32 Å². The molecule has 1 nitrogen and oxygen atoms in total. The Kier molecular flexibility index (Phi) is 5.20. The summed E-state index contributed by atoms with van der Waals surface area (Å²) >= 11 is 3.43. The molecule has 0 unspecified atom stereocenters. The second-order valence-electron chi connectivity index (χ2n) is 3.84. The first-order valence-corrected chi connectivity index (χ1v) is 5.95. The van der Waals surface area contributed by atoms with Crippen LogP contribution in [0.5, 0.6) is 0 Å². The van der Waals surface area contributed by atoms with Crippen molar-refractivity contribution < 1.29 is 0 Å². The van der Waals surface area contributed by atoms with Gasteiger partial charge in [0.05, 0.1) is 0 Å². The van der Waals surface area contributed by atoms with Crippen molar-refractivity contribution in [3.63, 3.8) is 0 Å². The van der Waals surface area contributed by atoms with E-state index in [2.05, 4.69) is 59.4 Å². The van der Waals surface area contributed by atoms with E-state index in [0.717, 1.165) is 17.4 Å². The molecule has 0 amide bonds. The molecule has 78 valence electrons. The number of rotatable bonds is 5. The van der Waals surface area contributed by atoms with Crippen molar-refractivity contribution in [1.29, 1.82) is 0 Å². The van der Waals surface area contributed by atoms with Crippen LogP contribution in [0.3, 0.4) is 0 Å².